The van der Waals surface area contributed by atoms with Crippen molar-refractivity contribution in [2.75, 3.05) is 44.3 Å². The van der Waals surface area contributed by atoms with Gasteiger partial charge in [-0.15, -0.1) is 0 Å². The molecule has 0 unspecified atom stereocenters. The van der Waals surface area contributed by atoms with E-state index in [0.717, 1.165) is 17.0 Å². The number of hydrogen-bond acceptors (Lipinski definition) is 9. The van der Waals surface area contributed by atoms with E-state index >= 15 is 0 Å². The van der Waals surface area contributed by atoms with Gasteiger partial charge < -0.3 is 30.3 Å². The third-order valence-electron chi connectivity index (χ3n) is 7.19. The maximum atomic E-state index is 13.9. The van der Waals surface area contributed by atoms with Gasteiger partial charge in [-0.3, -0.25) is 24.3 Å². The summed E-state index contributed by atoms with van der Waals surface area (Å²) in [5.74, 6) is -2.74. The van der Waals surface area contributed by atoms with Crippen LogP contribution in [0.3, 0.4) is 0 Å². The number of phenolic OH excluding ortho intramolecular Hbond substituents is 2. The third-order valence-corrected chi connectivity index (χ3v) is 7.19. The standard InChI is InChI=1S/C32H39F3N4O7/c1-3-45-28(43)13-12-27(42)39(24-8-5-9-26(41)30(24)32(33,34)35)16-6-7-21-19-22(10-11-25(21)40)31(36)37-23-14-17-38(18-15-23)20-29(44)46-4-2/h5-11,19,23,40-41H,3-4,12-18,20H2,1-2H3,(H2,36,37)/b7-6+. The van der Waals surface area contributed by atoms with Crippen molar-refractivity contribution in [3.8, 4) is 11.5 Å². The molecule has 0 spiro atoms. The average Bonchev–Trinajstić information content (AvgIpc) is 2.99. The second-order valence-corrected chi connectivity index (χ2v) is 10.5. The number of alkyl halides is 3. The van der Waals surface area contributed by atoms with E-state index in [0.29, 0.717) is 38.1 Å². The predicted molar refractivity (Wildman–Crippen MR) is 165 cm³/mol. The van der Waals surface area contributed by atoms with Gasteiger partial charge in [0.25, 0.3) is 0 Å². The number of amides is 1. The fraction of sp³-hybridized carbons (Fsp3) is 0.438. The lowest BCUT2D eigenvalue weighted by Crippen LogP contribution is -2.39. The Labute approximate surface area is 265 Å². The summed E-state index contributed by atoms with van der Waals surface area (Å²) in [6, 6.07) is 7.56. The second-order valence-electron chi connectivity index (χ2n) is 10.5. The van der Waals surface area contributed by atoms with Crippen molar-refractivity contribution in [3.63, 3.8) is 0 Å². The zero-order valence-corrected chi connectivity index (χ0v) is 25.8. The number of amidine groups is 1. The van der Waals surface area contributed by atoms with Crippen molar-refractivity contribution in [1.29, 1.82) is 0 Å². The summed E-state index contributed by atoms with van der Waals surface area (Å²) in [5.41, 5.74) is 5.06. The number of benzene rings is 2. The molecule has 1 fully saturated rings. The van der Waals surface area contributed by atoms with Crippen molar-refractivity contribution in [2.45, 2.75) is 51.7 Å². The topological polar surface area (TPSA) is 155 Å². The number of halogens is 3. The highest BCUT2D eigenvalue weighted by Gasteiger charge is 2.39. The lowest BCUT2D eigenvalue weighted by atomic mass is 10.0. The van der Waals surface area contributed by atoms with Crippen LogP contribution in [0.25, 0.3) is 6.08 Å². The number of phenols is 2. The highest BCUT2D eigenvalue weighted by molar-refractivity contribution is 5.98. The van der Waals surface area contributed by atoms with Crippen molar-refractivity contribution in [1.82, 2.24) is 4.90 Å². The Morgan fingerprint density at radius 1 is 1.02 bits per heavy atom. The first kappa shape index (κ1) is 35.9. The Morgan fingerprint density at radius 3 is 2.35 bits per heavy atom. The molecule has 0 aliphatic carbocycles. The minimum atomic E-state index is -4.98. The number of nitrogens with zero attached hydrogens (tertiary/aromatic N) is 3. The van der Waals surface area contributed by atoms with Crippen LogP contribution in [0.2, 0.25) is 0 Å². The van der Waals surface area contributed by atoms with Crippen LogP contribution in [-0.4, -0.2) is 84.2 Å². The first-order chi connectivity index (χ1) is 21.8. The number of aromatic hydroxyl groups is 2. The van der Waals surface area contributed by atoms with E-state index in [1.165, 1.54) is 24.3 Å². The van der Waals surface area contributed by atoms with E-state index in [1.54, 1.807) is 26.0 Å². The lowest BCUT2D eigenvalue weighted by Gasteiger charge is -2.29. The Balaban J connectivity index is 1.79. The molecular formula is C32H39F3N4O7. The average molecular weight is 649 g/mol. The highest BCUT2D eigenvalue weighted by atomic mass is 19.4. The Kier molecular flexibility index (Phi) is 13.0. The van der Waals surface area contributed by atoms with Crippen LogP contribution >= 0.6 is 0 Å². The monoisotopic (exact) mass is 648 g/mol. The van der Waals surface area contributed by atoms with Crippen molar-refractivity contribution >= 4 is 35.4 Å². The summed E-state index contributed by atoms with van der Waals surface area (Å²) >= 11 is 0. The number of carbonyl (C=O) groups excluding carboxylic acids is 3. The number of aliphatic imine (C=N–C) groups is 1. The number of piperidine rings is 1. The second kappa shape index (κ2) is 16.6. The van der Waals surface area contributed by atoms with Gasteiger partial charge in [0, 0.05) is 37.2 Å². The normalized spacial score (nSPS) is 14.8. The Bertz CT molecular complexity index is 1440. The molecule has 3 rings (SSSR count). The zero-order chi connectivity index (χ0) is 33.9. The van der Waals surface area contributed by atoms with Crippen LogP contribution < -0.4 is 10.6 Å². The summed E-state index contributed by atoms with van der Waals surface area (Å²) < 4.78 is 51.5. The number of carbonyl (C=O) groups is 3. The van der Waals surface area contributed by atoms with Gasteiger partial charge in [-0.2, -0.15) is 13.2 Å². The van der Waals surface area contributed by atoms with Gasteiger partial charge in [-0.05, 0) is 57.0 Å². The molecule has 1 aliphatic heterocycles. The number of rotatable bonds is 13. The summed E-state index contributed by atoms with van der Waals surface area (Å²) in [7, 11) is 0. The van der Waals surface area contributed by atoms with Gasteiger partial charge in [-0.1, -0.05) is 18.2 Å². The molecule has 4 N–H and O–H groups in total. The fourth-order valence-electron chi connectivity index (χ4n) is 4.95. The quantitative estimate of drug-likeness (QED) is 0.164. The molecule has 0 bridgehead atoms. The number of hydrogen-bond donors (Lipinski definition) is 3. The van der Waals surface area contributed by atoms with Crippen LogP contribution in [0.4, 0.5) is 18.9 Å². The largest absolute Gasteiger partial charge is 0.507 e. The Morgan fingerprint density at radius 2 is 1.70 bits per heavy atom. The van der Waals surface area contributed by atoms with Gasteiger partial charge in [0.2, 0.25) is 5.91 Å². The number of ether oxygens (including phenoxy) is 2. The molecule has 1 amide bonds. The van der Waals surface area contributed by atoms with E-state index in [2.05, 4.69) is 4.99 Å². The minimum absolute atomic E-state index is 0.0782. The Hall–Kier alpha value is -4.59. The number of esters is 2. The van der Waals surface area contributed by atoms with Crippen molar-refractivity contribution < 1.29 is 47.2 Å². The minimum Gasteiger partial charge on any atom is -0.507 e. The molecule has 2 aromatic rings. The van der Waals surface area contributed by atoms with Crippen LogP contribution in [-0.2, 0) is 30.0 Å². The van der Waals surface area contributed by atoms with E-state index in [1.807, 2.05) is 4.90 Å². The summed E-state index contributed by atoms with van der Waals surface area (Å²) in [6.45, 7) is 4.87. The summed E-state index contributed by atoms with van der Waals surface area (Å²) in [4.78, 5) is 44.1. The number of anilines is 1. The smallest absolute Gasteiger partial charge is 0.421 e. The van der Waals surface area contributed by atoms with E-state index in [-0.39, 0.29) is 55.3 Å². The van der Waals surface area contributed by atoms with Gasteiger partial charge in [0.15, 0.2) is 0 Å². The van der Waals surface area contributed by atoms with Crippen LogP contribution in [0.1, 0.15) is 56.2 Å². The number of likely N-dealkylation sites (tertiary alicyclic amines) is 1. The summed E-state index contributed by atoms with van der Waals surface area (Å²) in [5, 5.41) is 20.5. The van der Waals surface area contributed by atoms with Gasteiger partial charge in [0.05, 0.1) is 37.9 Å². The molecule has 0 atom stereocenters. The van der Waals surface area contributed by atoms with Gasteiger partial charge in [0.1, 0.15) is 22.9 Å². The molecule has 0 aromatic heterocycles. The predicted octanol–water partition coefficient (Wildman–Crippen LogP) is 4.24. The molecule has 250 valence electrons. The van der Waals surface area contributed by atoms with E-state index < -0.39 is 41.5 Å². The lowest BCUT2D eigenvalue weighted by molar-refractivity contribution is -0.145. The molecule has 0 radical (unpaired) electrons. The van der Waals surface area contributed by atoms with Crippen molar-refractivity contribution in [2.24, 2.45) is 10.7 Å². The molecule has 0 saturated carbocycles. The molecule has 11 nitrogen and oxygen atoms in total. The van der Waals surface area contributed by atoms with Crippen molar-refractivity contribution in [3.05, 3.63) is 59.2 Å². The summed E-state index contributed by atoms with van der Waals surface area (Å²) in [6.07, 6.45) is -1.61. The molecule has 1 saturated heterocycles. The molecule has 1 heterocycles. The fourth-order valence-corrected chi connectivity index (χ4v) is 4.95. The molecule has 46 heavy (non-hydrogen) atoms. The van der Waals surface area contributed by atoms with E-state index in [9.17, 15) is 37.8 Å². The molecule has 14 heteroatoms. The van der Waals surface area contributed by atoms with Gasteiger partial charge in [-0.25, -0.2) is 0 Å². The molecule has 2 aromatic carbocycles. The first-order valence-electron chi connectivity index (χ1n) is 14.9. The number of nitrogens with two attached hydrogens (primary N) is 1. The zero-order valence-electron chi connectivity index (χ0n) is 25.8. The van der Waals surface area contributed by atoms with Gasteiger partial charge >= 0.3 is 18.1 Å². The van der Waals surface area contributed by atoms with Crippen LogP contribution in [0.5, 0.6) is 11.5 Å². The first-order valence-corrected chi connectivity index (χ1v) is 14.9. The van der Waals surface area contributed by atoms with Crippen LogP contribution in [0.15, 0.2) is 47.5 Å². The maximum absolute atomic E-state index is 13.9. The maximum Gasteiger partial charge on any atom is 0.421 e. The molecule has 1 aliphatic rings. The third kappa shape index (κ3) is 10.2. The SMILES string of the molecule is CCOC(=O)CCC(=O)N(C/C=C/c1cc(C(N)=NC2CCN(CC(=O)OCC)CC2)ccc1O)c1cccc(O)c1C(F)(F)F. The highest BCUT2D eigenvalue weighted by Crippen LogP contribution is 2.42. The van der Waals surface area contributed by atoms with E-state index in [4.69, 9.17) is 15.2 Å². The molecular weight excluding hydrogens is 609 g/mol. The van der Waals surface area contributed by atoms with Crippen LogP contribution in [0, 0.1) is 0 Å².